The highest BCUT2D eigenvalue weighted by atomic mass is 32.2. The number of guanidine groups is 1. The average Bonchev–Trinajstić information content (AvgIpc) is 1.93. The molecule has 2 fully saturated rings. The Kier molecular flexibility index (Phi) is 25.4. The van der Waals surface area contributed by atoms with Gasteiger partial charge in [0.05, 0.1) is 24.4 Å². The minimum atomic E-state index is -4.23. The number of carbonyl (C=O) groups is 8. The molecule has 0 spiro atoms. The van der Waals surface area contributed by atoms with Crippen LogP contribution in [0.15, 0.2) is 83.1 Å². The fraction of sp³-hybridized carbons (Fsp3) is 0.516. The van der Waals surface area contributed by atoms with Crippen LogP contribution in [0.2, 0.25) is 0 Å². The van der Waals surface area contributed by atoms with E-state index in [9.17, 15) is 51.9 Å². The highest BCUT2D eigenvalue weighted by Crippen LogP contribution is 2.30. The Balaban J connectivity index is 1.32. The number of nitrogens with one attached hydrogen (secondary N) is 9. The average molecular weight is 1250 g/mol. The fourth-order valence-electron chi connectivity index (χ4n) is 10.9. The summed E-state index contributed by atoms with van der Waals surface area (Å²) in [7, 11) is -2.75. The molecule has 1 aromatic heterocycles. The lowest BCUT2D eigenvalue weighted by molar-refractivity contribution is -0.142. The normalized spacial score (nSPS) is 23.3. The summed E-state index contributed by atoms with van der Waals surface area (Å²) in [5.41, 5.74) is 15.8. The lowest BCUT2D eigenvalue weighted by Gasteiger charge is -2.32. The maximum atomic E-state index is 14.9. The number of hydrogen-bond donors (Lipinski definition) is 12. The number of nitrogens with zero attached hydrogens (tertiary/aromatic N) is 3. The van der Waals surface area contributed by atoms with Gasteiger partial charge in [-0.25, -0.2) is 18.1 Å². The molecule has 4 aromatic rings. The van der Waals surface area contributed by atoms with E-state index in [1.165, 1.54) is 36.7 Å². The smallest absolute Gasteiger partial charge is 0.264 e. The number of methoxy groups -OCH3 is 1. The number of hydrogen-bond acceptors (Lipinski definition) is 15. The van der Waals surface area contributed by atoms with E-state index in [2.05, 4.69) is 56.9 Å². The third-order valence-electron chi connectivity index (χ3n) is 16.2. The minimum Gasteiger partial charge on any atom is -0.508 e. The third kappa shape index (κ3) is 19.5. The van der Waals surface area contributed by atoms with E-state index in [1.807, 2.05) is 37.3 Å². The SMILES string of the molecule is CC[C@H](C)[C@@H]1NC(=O)[C@H](Cc2ccc(O)cc2)NC(=O)[C@H](C(C)C)NC(=O)[C@H](CCCN=C(N)NS(=O)(=O)c2c(C)cc(OC)c(C)c2C)NC(=O)[C@@H](N)CCCCNC(=O)[C@H](Cc2ccccc2)NC(=O)[C@@H]2CCCN2C(=O)[C@H](Cc2cnc[nH]2)NC1=O. The quantitative estimate of drug-likeness (QED) is 0.0428. The second-order valence-corrected chi connectivity index (χ2v) is 24.9. The monoisotopic (exact) mass is 1250 g/mol. The number of aromatic amines is 1. The Labute approximate surface area is 520 Å². The summed E-state index contributed by atoms with van der Waals surface area (Å²) in [6, 6.07) is 6.67. The summed E-state index contributed by atoms with van der Waals surface area (Å²) >= 11 is 0. The van der Waals surface area contributed by atoms with E-state index in [-0.39, 0.29) is 75.2 Å². The number of benzene rings is 3. The molecule has 8 amide bonds. The van der Waals surface area contributed by atoms with Gasteiger partial charge in [-0.1, -0.05) is 76.6 Å². The number of phenols is 1. The maximum Gasteiger partial charge on any atom is 0.264 e. The zero-order valence-corrected chi connectivity index (χ0v) is 52.8. The molecule has 27 heteroatoms. The van der Waals surface area contributed by atoms with E-state index in [0.29, 0.717) is 59.4 Å². The molecule has 0 radical (unpaired) electrons. The molecule has 89 heavy (non-hydrogen) atoms. The number of sulfonamides is 1. The number of amides is 8. The van der Waals surface area contributed by atoms with E-state index in [4.69, 9.17) is 16.2 Å². The number of fused-ring (bicyclic) bond motifs is 1. The molecule has 2 aliphatic heterocycles. The molecule has 6 rings (SSSR count). The van der Waals surface area contributed by atoms with Gasteiger partial charge in [0.15, 0.2) is 0 Å². The second kappa shape index (κ2) is 32.6. The summed E-state index contributed by atoms with van der Waals surface area (Å²) in [5, 5.41) is 29.9. The van der Waals surface area contributed by atoms with E-state index >= 15 is 0 Å². The number of carbonyl (C=O) groups excluding carboxylic acids is 8. The maximum absolute atomic E-state index is 14.9. The number of H-pyrrole nitrogens is 1. The number of rotatable bonds is 16. The van der Waals surface area contributed by atoms with Crippen molar-refractivity contribution in [3.63, 3.8) is 0 Å². The molecule has 3 aromatic carbocycles. The number of aryl methyl sites for hydroxylation is 1. The Bertz CT molecular complexity index is 3260. The largest absolute Gasteiger partial charge is 0.508 e. The summed E-state index contributed by atoms with van der Waals surface area (Å²) in [6.45, 7) is 12.0. The molecule has 484 valence electrons. The summed E-state index contributed by atoms with van der Waals surface area (Å²) in [5.74, 6) is -6.70. The summed E-state index contributed by atoms with van der Waals surface area (Å²) in [4.78, 5) is 129. The number of nitrogens with two attached hydrogens (primary N) is 2. The summed E-state index contributed by atoms with van der Waals surface area (Å²) < 4.78 is 35.0. The van der Waals surface area contributed by atoms with Gasteiger partial charge in [0.2, 0.25) is 53.2 Å². The van der Waals surface area contributed by atoms with Crippen molar-refractivity contribution in [2.75, 3.05) is 26.7 Å². The van der Waals surface area contributed by atoms with E-state index < -0.39 is 123 Å². The van der Waals surface area contributed by atoms with Crippen molar-refractivity contribution in [2.24, 2.45) is 28.3 Å². The third-order valence-corrected chi connectivity index (χ3v) is 17.9. The zero-order valence-electron chi connectivity index (χ0n) is 51.9. The van der Waals surface area contributed by atoms with Gasteiger partial charge in [-0.05, 0) is 124 Å². The van der Waals surface area contributed by atoms with Crippen LogP contribution in [0.5, 0.6) is 11.5 Å². The van der Waals surface area contributed by atoms with Crippen LogP contribution in [-0.2, 0) is 67.6 Å². The predicted molar refractivity (Wildman–Crippen MR) is 333 cm³/mol. The Hall–Kier alpha value is -8.59. The molecule has 2 aliphatic rings. The van der Waals surface area contributed by atoms with Crippen molar-refractivity contribution in [1.82, 2.24) is 56.8 Å². The van der Waals surface area contributed by atoms with Crippen LogP contribution in [0.25, 0.3) is 0 Å². The highest BCUT2D eigenvalue weighted by Gasteiger charge is 2.41. The molecule has 0 aliphatic carbocycles. The van der Waals surface area contributed by atoms with Crippen LogP contribution < -0.4 is 58.1 Å². The first-order valence-corrected chi connectivity index (χ1v) is 31.7. The predicted octanol–water partition coefficient (Wildman–Crippen LogP) is 1.38. The lowest BCUT2D eigenvalue weighted by atomic mass is 9.96. The Morgan fingerprint density at radius 1 is 0.742 bits per heavy atom. The van der Waals surface area contributed by atoms with Crippen molar-refractivity contribution in [3.05, 3.63) is 107 Å². The molecule has 26 nitrogen and oxygen atoms in total. The van der Waals surface area contributed by atoms with Crippen molar-refractivity contribution in [1.29, 1.82) is 0 Å². The Morgan fingerprint density at radius 3 is 2.01 bits per heavy atom. The molecule has 2 saturated heterocycles. The van der Waals surface area contributed by atoms with Crippen LogP contribution in [0.1, 0.15) is 113 Å². The zero-order chi connectivity index (χ0) is 65.1. The van der Waals surface area contributed by atoms with Gasteiger partial charge in [0, 0.05) is 50.8 Å². The van der Waals surface area contributed by atoms with Crippen LogP contribution in [0.4, 0.5) is 0 Å². The Morgan fingerprint density at radius 2 is 1.36 bits per heavy atom. The number of phenolic OH excluding ortho intramolecular Hbond substituents is 1. The minimum absolute atomic E-state index is 0.00183. The highest BCUT2D eigenvalue weighted by molar-refractivity contribution is 7.90. The lowest BCUT2D eigenvalue weighted by Crippen LogP contribution is -2.62. The number of ether oxygens (including phenoxy) is 1. The number of aromatic nitrogens is 2. The van der Waals surface area contributed by atoms with Gasteiger partial charge in [-0.15, -0.1) is 0 Å². The molecule has 9 atom stereocenters. The standard InChI is InChI=1S/C62H88N14O12S/c1-9-36(4)52-60(84)72-48(32-42-33-65-34-68-42)61(85)76-28-16-21-49(76)58(82)70-46(30-40-17-11-10-12-18-40)55(79)66-26-14-13-19-44(63)54(78)69-45(20-15-27-67-62(64)75-89(86,87)53-37(5)29-50(88-8)38(6)39(53)7)56(80)73-51(35(2)3)59(83)71-47(57(81)74-52)31-41-22-24-43(77)25-23-41/h10-12,17-18,22-25,29,33-36,44-49,51-52,77H,9,13-16,19-21,26-28,30-32,63H2,1-8H3,(H,65,68)(H,66,79)(H,69,78)(H,70,82)(H,71,83)(H,72,84)(H,73,80)(H,74,81)(H3,64,67,75)/t36-,44-,45-,46-,47-,48-,49-,51-,52-/m0/s1. The van der Waals surface area contributed by atoms with E-state index in [1.54, 1.807) is 59.7 Å². The van der Waals surface area contributed by atoms with Gasteiger partial charge in [-0.3, -0.25) is 43.3 Å². The van der Waals surface area contributed by atoms with E-state index in [0.717, 1.165) is 5.56 Å². The number of aromatic hydroxyl groups is 1. The van der Waals surface area contributed by atoms with Crippen molar-refractivity contribution in [2.45, 2.75) is 172 Å². The number of imidazole rings is 1. The molecular formula is C62H88N14O12S. The van der Waals surface area contributed by atoms with Crippen molar-refractivity contribution >= 4 is 63.2 Å². The molecule has 0 bridgehead atoms. The molecule has 0 saturated carbocycles. The van der Waals surface area contributed by atoms with Gasteiger partial charge in [-0.2, -0.15) is 0 Å². The molecule has 3 heterocycles. The summed E-state index contributed by atoms with van der Waals surface area (Å²) in [6.07, 6.45) is 4.61. The van der Waals surface area contributed by atoms with Crippen LogP contribution in [-0.4, -0.2) is 157 Å². The van der Waals surface area contributed by atoms with Crippen molar-refractivity contribution in [3.8, 4) is 11.5 Å². The van der Waals surface area contributed by atoms with Gasteiger partial charge < -0.3 is 68.4 Å². The van der Waals surface area contributed by atoms with Gasteiger partial charge >= 0.3 is 0 Å². The van der Waals surface area contributed by atoms with Crippen molar-refractivity contribution < 1.29 is 56.6 Å². The number of aliphatic imine (C=N–C) groups is 1. The molecule has 0 unspecified atom stereocenters. The van der Waals surface area contributed by atoms with Crippen LogP contribution in [0, 0.1) is 32.6 Å². The second-order valence-electron chi connectivity index (χ2n) is 23.3. The first kappa shape index (κ1) is 69.5. The van der Waals surface area contributed by atoms with Crippen LogP contribution >= 0.6 is 0 Å². The van der Waals surface area contributed by atoms with Gasteiger partial charge in [0.1, 0.15) is 53.8 Å². The van der Waals surface area contributed by atoms with Crippen LogP contribution in [0.3, 0.4) is 0 Å². The topological polar surface area (TPSA) is 393 Å². The molecule has 14 N–H and O–H groups in total. The van der Waals surface area contributed by atoms with Gasteiger partial charge in [0.25, 0.3) is 10.0 Å². The fourth-order valence-corrected chi connectivity index (χ4v) is 12.3. The first-order chi connectivity index (χ1) is 42.3. The first-order valence-electron chi connectivity index (χ1n) is 30.2. The molecular weight excluding hydrogens is 1160 g/mol.